The van der Waals surface area contributed by atoms with Gasteiger partial charge in [0.1, 0.15) is 0 Å². The van der Waals surface area contributed by atoms with Gasteiger partial charge in [0.2, 0.25) is 5.95 Å². The van der Waals surface area contributed by atoms with Crippen LogP contribution in [0.5, 0.6) is 0 Å². The van der Waals surface area contributed by atoms with Crippen LogP contribution in [0, 0.1) is 5.41 Å². The number of aromatic nitrogens is 2. The van der Waals surface area contributed by atoms with Gasteiger partial charge in [-0.15, -0.1) is 0 Å². The van der Waals surface area contributed by atoms with Crippen molar-refractivity contribution in [2.75, 3.05) is 23.3 Å². The average molecular weight is 589 g/mol. The van der Waals surface area contributed by atoms with E-state index < -0.39 is 63.2 Å². The Morgan fingerprint density at radius 3 is 2.27 bits per heavy atom. The molecule has 5 rings (SSSR count). The number of carboxylic acids is 1. The van der Waals surface area contributed by atoms with Gasteiger partial charge in [-0.25, -0.2) is 9.78 Å². The number of benzene rings is 2. The minimum atomic E-state index is -5.22. The minimum Gasteiger partial charge on any atom is -0.478 e. The fourth-order valence-electron chi connectivity index (χ4n) is 5.23. The summed E-state index contributed by atoms with van der Waals surface area (Å²) in [5.41, 5.74) is -4.83. The number of halogens is 7. The van der Waals surface area contributed by atoms with Gasteiger partial charge in [-0.05, 0) is 61.4 Å². The van der Waals surface area contributed by atoms with Gasteiger partial charge in [0.25, 0.3) is 5.56 Å². The summed E-state index contributed by atoms with van der Waals surface area (Å²) in [5, 5.41) is 10.8. The smallest absolute Gasteiger partial charge is 0.416 e. The summed E-state index contributed by atoms with van der Waals surface area (Å²) in [7, 11) is 1.32. The van der Waals surface area contributed by atoms with Gasteiger partial charge in [-0.1, -0.05) is 11.6 Å². The van der Waals surface area contributed by atoms with Crippen LogP contribution >= 0.6 is 11.6 Å². The lowest BCUT2D eigenvalue weighted by Crippen LogP contribution is -2.39. The van der Waals surface area contributed by atoms with E-state index in [0.29, 0.717) is 25.2 Å². The number of carbonyl (C=O) groups is 1. The van der Waals surface area contributed by atoms with Gasteiger partial charge >= 0.3 is 18.3 Å². The van der Waals surface area contributed by atoms with Crippen LogP contribution in [0.3, 0.4) is 0 Å². The van der Waals surface area contributed by atoms with Crippen LogP contribution in [0.4, 0.5) is 38.0 Å². The van der Waals surface area contributed by atoms with Gasteiger partial charge in [0.05, 0.1) is 22.0 Å². The van der Waals surface area contributed by atoms with Crippen LogP contribution in [-0.2, 0) is 13.2 Å². The molecule has 2 aliphatic rings. The number of anilines is 2. The van der Waals surface area contributed by atoms with E-state index in [0.717, 1.165) is 48.4 Å². The number of alkyl halides is 6. The fourth-order valence-corrected chi connectivity index (χ4v) is 5.40. The summed E-state index contributed by atoms with van der Waals surface area (Å²) in [5.74, 6) is -1.56. The Kier molecular flexibility index (Phi) is 6.71. The molecule has 214 valence electrons. The van der Waals surface area contributed by atoms with E-state index in [9.17, 15) is 41.0 Å². The lowest BCUT2D eigenvalue weighted by molar-refractivity contribution is -0.145. The topological polar surface area (TPSA) is 87.5 Å². The molecule has 0 unspecified atom stereocenters. The summed E-state index contributed by atoms with van der Waals surface area (Å²) in [6.45, 7) is 0.991. The van der Waals surface area contributed by atoms with Crippen molar-refractivity contribution in [3.63, 3.8) is 0 Å². The van der Waals surface area contributed by atoms with Gasteiger partial charge in [-0.2, -0.15) is 26.3 Å². The van der Waals surface area contributed by atoms with Gasteiger partial charge in [-0.3, -0.25) is 9.36 Å². The number of aromatic carboxylic acids is 1. The van der Waals surface area contributed by atoms with Crippen LogP contribution < -0.4 is 15.8 Å². The predicted octanol–water partition coefficient (Wildman–Crippen LogP) is 6.40. The van der Waals surface area contributed by atoms with E-state index >= 15 is 0 Å². The maximum atomic E-state index is 14.5. The molecule has 0 bridgehead atoms. The van der Waals surface area contributed by atoms with E-state index in [2.05, 4.69) is 4.98 Å². The van der Waals surface area contributed by atoms with Crippen molar-refractivity contribution in [1.29, 1.82) is 0 Å². The monoisotopic (exact) mass is 588 g/mol. The van der Waals surface area contributed by atoms with Crippen molar-refractivity contribution < 1.29 is 36.2 Å². The van der Waals surface area contributed by atoms with E-state index in [1.807, 2.05) is 5.32 Å². The predicted molar refractivity (Wildman–Crippen MR) is 136 cm³/mol. The number of hydrogen-bond donors (Lipinski definition) is 2. The SMILES string of the molecule is Cn1c(N2CCC3(CC2)CC3)nc2c([C@H](Nc3ccc(Cl)cc3C(=O)O)C(F)(F)F)cc(C(F)(F)F)cc2c1=O. The van der Waals surface area contributed by atoms with Gasteiger partial charge < -0.3 is 15.3 Å². The number of piperidine rings is 1. The molecule has 1 aliphatic carbocycles. The van der Waals surface area contributed by atoms with Crippen molar-refractivity contribution >= 4 is 40.1 Å². The highest BCUT2D eigenvalue weighted by Gasteiger charge is 2.46. The Hall–Kier alpha value is -3.48. The molecule has 7 nitrogen and oxygen atoms in total. The molecule has 0 radical (unpaired) electrons. The largest absolute Gasteiger partial charge is 0.478 e. The third-order valence-electron chi connectivity index (χ3n) is 7.73. The molecule has 1 atom stereocenters. The summed E-state index contributed by atoms with van der Waals surface area (Å²) < 4.78 is 86.2. The first-order valence-electron chi connectivity index (χ1n) is 12.3. The van der Waals surface area contributed by atoms with Gasteiger partial charge in [0.15, 0.2) is 6.04 Å². The maximum Gasteiger partial charge on any atom is 0.416 e. The average Bonchev–Trinajstić information content (AvgIpc) is 3.62. The zero-order valence-electron chi connectivity index (χ0n) is 21.0. The number of carboxylic acid groups (broad SMARTS) is 1. The van der Waals surface area contributed by atoms with Crippen molar-refractivity contribution in [1.82, 2.24) is 9.55 Å². The van der Waals surface area contributed by atoms with E-state index in [-0.39, 0.29) is 16.4 Å². The molecule has 14 heteroatoms. The lowest BCUT2D eigenvalue weighted by atomic mass is 9.94. The van der Waals surface area contributed by atoms with E-state index in [1.54, 1.807) is 4.90 Å². The van der Waals surface area contributed by atoms with Crippen LogP contribution in [0.25, 0.3) is 10.9 Å². The fraction of sp³-hybridized carbons (Fsp3) is 0.423. The molecule has 1 saturated carbocycles. The Bertz CT molecular complexity index is 1560. The Morgan fingerprint density at radius 2 is 1.73 bits per heavy atom. The van der Waals surface area contributed by atoms with Crippen molar-refractivity contribution in [3.05, 3.63) is 62.4 Å². The first-order valence-corrected chi connectivity index (χ1v) is 12.7. The van der Waals surface area contributed by atoms with Crippen LogP contribution in [-0.4, -0.2) is 39.9 Å². The standard InChI is InChI=1S/C26H23ClF6N4O3/c1-36-21(38)17-11-13(25(28,29)30)10-16(19(17)35-23(36)37-8-6-24(4-5-24)7-9-37)20(26(31,32)33)34-18-3-2-14(27)12-15(18)22(39)40/h2-3,10-12,20,34H,4-9H2,1H3,(H,39,40)/t20-/m0/s1. The highest BCUT2D eigenvalue weighted by atomic mass is 35.5. The van der Waals surface area contributed by atoms with Crippen molar-refractivity contribution in [2.24, 2.45) is 12.5 Å². The van der Waals surface area contributed by atoms with E-state index in [1.165, 1.54) is 7.05 Å². The number of nitrogens with zero attached hydrogens (tertiary/aromatic N) is 3. The first-order chi connectivity index (χ1) is 18.6. The summed E-state index contributed by atoms with van der Waals surface area (Å²) >= 11 is 5.81. The molecule has 2 N–H and O–H groups in total. The molecule has 1 saturated heterocycles. The Morgan fingerprint density at radius 1 is 1.07 bits per heavy atom. The molecule has 1 spiro atoms. The molecule has 2 heterocycles. The number of hydrogen-bond acceptors (Lipinski definition) is 5. The normalized spacial score (nSPS) is 17.8. The molecule has 2 fully saturated rings. The number of fused-ring (bicyclic) bond motifs is 1. The van der Waals surface area contributed by atoms with Gasteiger partial charge in [0, 0.05) is 36.4 Å². The van der Waals surface area contributed by atoms with Crippen LogP contribution in [0.15, 0.2) is 35.1 Å². The molecule has 3 aromatic rings. The Labute approximate surface area is 228 Å². The number of rotatable bonds is 5. The molecule has 1 aliphatic heterocycles. The molecular formula is C26H23ClF6N4O3. The van der Waals surface area contributed by atoms with E-state index in [4.69, 9.17) is 11.6 Å². The molecule has 1 aromatic heterocycles. The van der Waals surface area contributed by atoms with Crippen LogP contribution in [0.2, 0.25) is 5.02 Å². The van der Waals surface area contributed by atoms with Crippen molar-refractivity contribution in [2.45, 2.75) is 44.1 Å². The molecule has 2 aromatic carbocycles. The zero-order valence-corrected chi connectivity index (χ0v) is 21.7. The third kappa shape index (κ3) is 5.18. The summed E-state index contributed by atoms with van der Waals surface area (Å²) in [6, 6.07) is 0.989. The first kappa shape index (κ1) is 28.1. The highest BCUT2D eigenvalue weighted by molar-refractivity contribution is 6.31. The Balaban J connectivity index is 1.72. The third-order valence-corrected chi connectivity index (χ3v) is 7.96. The second-order valence-corrected chi connectivity index (χ2v) is 10.8. The lowest BCUT2D eigenvalue weighted by Gasteiger charge is -2.34. The quantitative estimate of drug-likeness (QED) is 0.336. The summed E-state index contributed by atoms with van der Waals surface area (Å²) in [4.78, 5) is 31.1. The second-order valence-electron chi connectivity index (χ2n) is 10.3. The highest BCUT2D eigenvalue weighted by Crippen LogP contribution is 2.54. The zero-order chi connectivity index (χ0) is 29.2. The molecule has 40 heavy (non-hydrogen) atoms. The van der Waals surface area contributed by atoms with Crippen LogP contribution in [0.1, 0.15) is 53.2 Å². The second kappa shape index (κ2) is 9.57. The van der Waals surface area contributed by atoms with Crippen molar-refractivity contribution in [3.8, 4) is 0 Å². The molecule has 0 amide bonds. The molecular weight excluding hydrogens is 566 g/mol. The number of nitrogens with one attached hydrogen (secondary N) is 1. The maximum absolute atomic E-state index is 14.5. The minimum absolute atomic E-state index is 0.0488. The summed E-state index contributed by atoms with van der Waals surface area (Å²) in [6.07, 6.45) is -6.53.